The maximum absolute atomic E-state index is 10.7. The quantitative estimate of drug-likeness (QED) is 0.280. The van der Waals surface area contributed by atoms with Gasteiger partial charge in [0.2, 0.25) is 0 Å². The lowest BCUT2D eigenvalue weighted by Gasteiger charge is -2.30. The largest absolute Gasteiger partial charge is 1.00 e. The number of rotatable bonds is 14. The summed E-state index contributed by atoms with van der Waals surface area (Å²) in [6, 6.07) is 8.01. The molecule has 3 heteroatoms. The molecule has 2 nitrogen and oxygen atoms in total. The molecule has 0 aliphatic rings. The van der Waals surface area contributed by atoms with Crippen molar-refractivity contribution in [2.45, 2.75) is 77.7 Å². The van der Waals surface area contributed by atoms with E-state index >= 15 is 0 Å². The second-order valence-corrected chi connectivity index (χ2v) is 7.86. The summed E-state index contributed by atoms with van der Waals surface area (Å²) in [6.45, 7) is 4.54. The van der Waals surface area contributed by atoms with Gasteiger partial charge in [-0.1, -0.05) is 82.6 Å². The fourth-order valence-corrected chi connectivity index (χ4v) is 3.30. The van der Waals surface area contributed by atoms with Crippen LogP contribution in [-0.4, -0.2) is 31.4 Å². The van der Waals surface area contributed by atoms with E-state index in [9.17, 15) is 4.79 Å². The van der Waals surface area contributed by atoms with E-state index in [4.69, 9.17) is 0 Å². The number of quaternary nitrogens is 1. The number of hydrogen-bond donors (Lipinski definition) is 0. The van der Waals surface area contributed by atoms with Crippen LogP contribution < -0.4 is 12.4 Å². The van der Waals surface area contributed by atoms with E-state index in [1.54, 1.807) is 0 Å². The summed E-state index contributed by atoms with van der Waals surface area (Å²) in [6.07, 6.45) is 14.8. The number of unbranched alkanes of at least 4 members (excludes halogenated alkanes) is 9. The Balaban J connectivity index is 0.00000576. The Kier molecular flexibility index (Phi) is 13.8. The van der Waals surface area contributed by atoms with Crippen LogP contribution in [-0.2, 0) is 6.54 Å². The molecule has 0 bridgehead atoms. The first-order valence-electron chi connectivity index (χ1n) is 9.93. The Labute approximate surface area is 162 Å². The van der Waals surface area contributed by atoms with Crippen molar-refractivity contribution < 1.29 is 21.7 Å². The van der Waals surface area contributed by atoms with Crippen molar-refractivity contribution >= 4 is 6.29 Å². The first-order valence-corrected chi connectivity index (χ1v) is 9.93. The van der Waals surface area contributed by atoms with Crippen LogP contribution in [0.15, 0.2) is 24.3 Å². The number of carbonyl (C=O) groups is 1. The molecule has 0 fully saturated rings. The maximum atomic E-state index is 10.7. The Morgan fingerprint density at radius 3 is 1.76 bits per heavy atom. The number of hydrogen-bond acceptors (Lipinski definition) is 1. The van der Waals surface area contributed by atoms with Crippen molar-refractivity contribution in [1.29, 1.82) is 0 Å². The van der Waals surface area contributed by atoms with Gasteiger partial charge in [-0.05, 0) is 12.8 Å². The number of aldehydes is 1. The van der Waals surface area contributed by atoms with Gasteiger partial charge in [-0.25, -0.2) is 0 Å². The van der Waals surface area contributed by atoms with Crippen molar-refractivity contribution in [3.05, 3.63) is 35.4 Å². The molecule has 1 aromatic carbocycles. The van der Waals surface area contributed by atoms with Gasteiger partial charge >= 0.3 is 0 Å². The third kappa shape index (κ3) is 12.2. The molecule has 0 heterocycles. The van der Waals surface area contributed by atoms with E-state index in [0.29, 0.717) is 0 Å². The molecular weight excluding hydrogens is 330 g/mol. The van der Waals surface area contributed by atoms with E-state index in [1.165, 1.54) is 76.3 Å². The summed E-state index contributed by atoms with van der Waals surface area (Å²) in [4.78, 5) is 10.7. The van der Waals surface area contributed by atoms with E-state index < -0.39 is 0 Å². The molecule has 0 amide bonds. The zero-order chi connectivity index (χ0) is 17.7. The molecule has 0 saturated heterocycles. The van der Waals surface area contributed by atoms with Crippen LogP contribution in [0.5, 0.6) is 0 Å². The van der Waals surface area contributed by atoms with Crippen molar-refractivity contribution in [2.24, 2.45) is 0 Å². The Morgan fingerprint density at radius 1 is 0.800 bits per heavy atom. The van der Waals surface area contributed by atoms with E-state index in [2.05, 4.69) is 33.2 Å². The number of halogens is 1. The van der Waals surface area contributed by atoms with Gasteiger partial charge in [0.1, 0.15) is 12.8 Å². The molecule has 0 spiro atoms. The van der Waals surface area contributed by atoms with Crippen LogP contribution in [0.3, 0.4) is 0 Å². The monoisotopic (exact) mass is 367 g/mol. The molecule has 0 unspecified atom stereocenters. The van der Waals surface area contributed by atoms with Crippen LogP contribution >= 0.6 is 0 Å². The van der Waals surface area contributed by atoms with E-state index in [0.717, 1.165) is 22.9 Å². The van der Waals surface area contributed by atoms with Crippen molar-refractivity contribution in [2.75, 3.05) is 20.6 Å². The molecule has 0 radical (unpaired) electrons. The zero-order valence-corrected chi connectivity index (χ0v) is 17.4. The van der Waals surface area contributed by atoms with Crippen molar-refractivity contribution in [1.82, 2.24) is 0 Å². The van der Waals surface area contributed by atoms with Gasteiger partial charge in [0.15, 0.2) is 0 Å². The molecule has 0 aromatic heterocycles. The average molecular weight is 368 g/mol. The fourth-order valence-electron chi connectivity index (χ4n) is 3.30. The standard InChI is InChI=1S/C22H38NO.ClH/c1-4-5-6-7-8-9-10-11-12-13-18-23(2,3)19-21-14-16-22(20-24)17-15-21;/h14-17,20H,4-13,18-19H2,1-3H3;1H/q+1;/p-1. The minimum Gasteiger partial charge on any atom is -1.00 e. The summed E-state index contributed by atoms with van der Waals surface area (Å²) in [5.41, 5.74) is 2.08. The number of carbonyl (C=O) groups excluding carboxylic acids is 1. The topological polar surface area (TPSA) is 17.1 Å². The molecule has 0 aliphatic carbocycles. The van der Waals surface area contributed by atoms with Gasteiger partial charge in [0.05, 0.1) is 20.6 Å². The predicted molar refractivity (Wildman–Crippen MR) is 104 cm³/mol. The highest BCUT2D eigenvalue weighted by atomic mass is 35.5. The minimum absolute atomic E-state index is 0. The summed E-state index contributed by atoms with van der Waals surface area (Å²) in [7, 11) is 4.61. The maximum Gasteiger partial charge on any atom is 0.150 e. The first-order chi connectivity index (χ1) is 11.6. The van der Waals surface area contributed by atoms with Crippen molar-refractivity contribution in [3.8, 4) is 0 Å². The summed E-state index contributed by atoms with van der Waals surface area (Å²) in [5.74, 6) is 0. The second kappa shape index (κ2) is 14.3. The highest BCUT2D eigenvalue weighted by molar-refractivity contribution is 5.74. The van der Waals surface area contributed by atoms with E-state index in [-0.39, 0.29) is 12.4 Å². The first kappa shape index (κ1) is 24.1. The third-order valence-corrected chi connectivity index (χ3v) is 4.84. The van der Waals surface area contributed by atoms with Gasteiger partial charge in [0.25, 0.3) is 0 Å². The van der Waals surface area contributed by atoms with Crippen LogP contribution in [0.4, 0.5) is 0 Å². The third-order valence-electron chi connectivity index (χ3n) is 4.84. The molecule has 0 atom stereocenters. The van der Waals surface area contributed by atoms with Gasteiger partial charge in [0, 0.05) is 11.1 Å². The molecule has 0 aliphatic heterocycles. The van der Waals surface area contributed by atoms with Crippen LogP contribution in [0.2, 0.25) is 0 Å². The number of benzene rings is 1. The van der Waals surface area contributed by atoms with Gasteiger partial charge < -0.3 is 16.9 Å². The van der Waals surface area contributed by atoms with Gasteiger partial charge in [-0.3, -0.25) is 4.79 Å². The van der Waals surface area contributed by atoms with Gasteiger partial charge in [-0.15, -0.1) is 0 Å². The van der Waals surface area contributed by atoms with Crippen molar-refractivity contribution in [3.63, 3.8) is 0 Å². The molecule has 1 rings (SSSR count). The predicted octanol–water partition coefficient (Wildman–Crippen LogP) is 3.00. The molecule has 1 aromatic rings. The molecule has 25 heavy (non-hydrogen) atoms. The van der Waals surface area contributed by atoms with Crippen LogP contribution in [0, 0.1) is 0 Å². The zero-order valence-electron chi connectivity index (χ0n) is 16.6. The minimum atomic E-state index is 0. The smallest absolute Gasteiger partial charge is 0.150 e. The Hall–Kier alpha value is -0.860. The lowest BCUT2D eigenvalue weighted by Crippen LogP contribution is -3.00. The van der Waals surface area contributed by atoms with Crippen LogP contribution in [0.25, 0.3) is 0 Å². The summed E-state index contributed by atoms with van der Waals surface area (Å²) in [5, 5.41) is 0. The fraction of sp³-hybridized carbons (Fsp3) is 0.682. The second-order valence-electron chi connectivity index (χ2n) is 7.86. The highest BCUT2D eigenvalue weighted by Crippen LogP contribution is 2.14. The molecule has 0 N–H and O–H groups in total. The Bertz CT molecular complexity index is 442. The molecular formula is C22H38ClNO. The summed E-state index contributed by atoms with van der Waals surface area (Å²) < 4.78 is 1.03. The molecule has 0 saturated carbocycles. The number of nitrogens with zero attached hydrogens (tertiary/aromatic N) is 1. The van der Waals surface area contributed by atoms with E-state index in [1.807, 2.05) is 12.1 Å². The van der Waals surface area contributed by atoms with Crippen LogP contribution in [0.1, 0.15) is 87.1 Å². The normalized spacial score (nSPS) is 11.2. The molecule has 144 valence electrons. The lowest BCUT2D eigenvalue weighted by atomic mass is 10.1. The average Bonchev–Trinajstić information content (AvgIpc) is 2.57. The Morgan fingerprint density at radius 2 is 1.28 bits per heavy atom. The van der Waals surface area contributed by atoms with Gasteiger partial charge in [-0.2, -0.15) is 0 Å². The lowest BCUT2D eigenvalue weighted by molar-refractivity contribution is -0.903. The SMILES string of the molecule is CCCCCCCCCCCC[N+](C)(C)Cc1ccc(C=O)cc1.[Cl-]. The summed E-state index contributed by atoms with van der Waals surface area (Å²) >= 11 is 0. The highest BCUT2D eigenvalue weighted by Gasteiger charge is 2.15.